The second-order valence-electron chi connectivity index (χ2n) is 6.57. The molecule has 1 aliphatic carbocycles. The predicted octanol–water partition coefficient (Wildman–Crippen LogP) is 2.84. The molecule has 3 amide bonds. The molecule has 7 nitrogen and oxygen atoms in total. The van der Waals surface area contributed by atoms with Crippen molar-refractivity contribution >= 4 is 34.1 Å². The van der Waals surface area contributed by atoms with Crippen molar-refractivity contribution in [2.75, 3.05) is 4.90 Å². The summed E-state index contributed by atoms with van der Waals surface area (Å²) in [7, 11) is 0. The van der Waals surface area contributed by atoms with Crippen molar-refractivity contribution in [2.24, 2.45) is 5.92 Å². The number of nitro groups is 1. The Morgan fingerprint density at radius 2 is 1.80 bits per heavy atom. The predicted molar refractivity (Wildman–Crippen MR) is 90.1 cm³/mol. The van der Waals surface area contributed by atoms with E-state index in [9.17, 15) is 19.7 Å². The van der Waals surface area contributed by atoms with Crippen LogP contribution in [-0.4, -0.2) is 33.8 Å². The van der Waals surface area contributed by atoms with Crippen LogP contribution in [0.3, 0.4) is 0 Å². The minimum Gasteiger partial charge on any atom is -0.305 e. The molecular weight excluding hydrogens is 322 g/mol. The van der Waals surface area contributed by atoms with Gasteiger partial charge in [0.1, 0.15) is 6.04 Å². The van der Waals surface area contributed by atoms with Gasteiger partial charge in [-0.25, -0.2) is 9.69 Å². The molecule has 25 heavy (non-hydrogen) atoms. The number of non-ortho nitro benzene ring substituents is 1. The Morgan fingerprint density at radius 3 is 2.52 bits per heavy atom. The van der Waals surface area contributed by atoms with E-state index < -0.39 is 11.0 Å². The van der Waals surface area contributed by atoms with Gasteiger partial charge in [-0.3, -0.25) is 14.9 Å². The number of anilines is 1. The minimum absolute atomic E-state index is 0.0271. The maximum absolute atomic E-state index is 12.9. The van der Waals surface area contributed by atoms with Crippen molar-refractivity contribution in [3.8, 4) is 0 Å². The summed E-state index contributed by atoms with van der Waals surface area (Å²) in [6, 6.07) is 8.82. The van der Waals surface area contributed by atoms with Gasteiger partial charge >= 0.3 is 6.03 Å². The molecule has 2 fully saturated rings. The number of hydrogen-bond donors (Lipinski definition) is 0. The number of nitrogens with zero attached hydrogens (tertiary/aromatic N) is 3. The largest absolute Gasteiger partial charge is 0.332 e. The SMILES string of the molecule is O=C1[C@H]2C3C=CC(C3)N2C(=O)N1c1ccc([N+](=O)[O-])c2ccccc12. The van der Waals surface area contributed by atoms with E-state index in [0.717, 1.165) is 6.42 Å². The van der Waals surface area contributed by atoms with E-state index in [4.69, 9.17) is 0 Å². The molecule has 5 rings (SSSR count). The molecular formula is C18H13N3O4. The molecule has 124 valence electrons. The lowest BCUT2D eigenvalue weighted by molar-refractivity contribution is -0.383. The van der Waals surface area contributed by atoms with Gasteiger partial charge in [-0.1, -0.05) is 30.4 Å². The third-order valence-electron chi connectivity index (χ3n) is 5.36. The third-order valence-corrected chi connectivity index (χ3v) is 5.36. The summed E-state index contributed by atoms with van der Waals surface area (Å²) in [6.45, 7) is 0. The lowest BCUT2D eigenvalue weighted by Gasteiger charge is -2.22. The molecule has 2 unspecified atom stereocenters. The number of hydrogen-bond acceptors (Lipinski definition) is 4. The first-order chi connectivity index (χ1) is 12.1. The van der Waals surface area contributed by atoms with Gasteiger partial charge in [0.05, 0.1) is 22.0 Å². The van der Waals surface area contributed by atoms with Gasteiger partial charge in [0.25, 0.3) is 11.6 Å². The highest BCUT2D eigenvalue weighted by atomic mass is 16.6. The normalized spacial score (nSPS) is 26.8. The second kappa shape index (κ2) is 4.66. The van der Waals surface area contributed by atoms with E-state index in [1.807, 2.05) is 12.2 Å². The zero-order chi connectivity index (χ0) is 17.3. The van der Waals surface area contributed by atoms with E-state index in [0.29, 0.717) is 16.5 Å². The van der Waals surface area contributed by atoms with Crippen LogP contribution in [0, 0.1) is 16.0 Å². The Balaban J connectivity index is 1.68. The standard InChI is InChI=1S/C18H13N3O4/c22-17-16-10-5-6-11(9-10)19(16)18(23)20(17)14-7-8-15(21(24)25)13-4-2-1-3-12(13)14/h1-8,10-11,16H,9H2/t10?,11?,16-/m1/s1. The summed E-state index contributed by atoms with van der Waals surface area (Å²) in [5.41, 5.74) is 0.366. The average Bonchev–Trinajstić information content (AvgIpc) is 3.28. The van der Waals surface area contributed by atoms with Crippen molar-refractivity contribution in [1.29, 1.82) is 0 Å². The first-order valence-electron chi connectivity index (χ1n) is 8.08. The summed E-state index contributed by atoms with van der Waals surface area (Å²) in [4.78, 5) is 39.5. The Morgan fingerprint density at radius 1 is 1.04 bits per heavy atom. The molecule has 7 heteroatoms. The van der Waals surface area contributed by atoms with Gasteiger partial charge in [0.2, 0.25) is 0 Å². The molecule has 0 saturated carbocycles. The summed E-state index contributed by atoms with van der Waals surface area (Å²) in [5.74, 6) is -0.184. The molecule has 0 spiro atoms. The van der Waals surface area contributed by atoms with Crippen LogP contribution in [0.25, 0.3) is 10.8 Å². The van der Waals surface area contributed by atoms with Crippen LogP contribution in [0.1, 0.15) is 6.42 Å². The molecule has 3 aliphatic rings. The summed E-state index contributed by atoms with van der Waals surface area (Å²) in [6.07, 6.45) is 4.79. The number of fused-ring (bicyclic) bond motifs is 6. The van der Waals surface area contributed by atoms with E-state index in [-0.39, 0.29) is 29.6 Å². The lowest BCUT2D eigenvalue weighted by atomic mass is 10.0. The zero-order valence-electron chi connectivity index (χ0n) is 13.0. The molecule has 0 N–H and O–H groups in total. The number of benzene rings is 2. The van der Waals surface area contributed by atoms with Crippen LogP contribution < -0.4 is 4.90 Å². The minimum atomic E-state index is -0.456. The number of imide groups is 1. The van der Waals surface area contributed by atoms with Crippen LogP contribution in [0.15, 0.2) is 48.6 Å². The smallest absolute Gasteiger partial charge is 0.305 e. The fraction of sp³-hybridized carbons (Fsp3) is 0.222. The molecule has 2 saturated heterocycles. The molecule has 2 bridgehead atoms. The highest BCUT2D eigenvalue weighted by molar-refractivity contribution is 6.25. The highest BCUT2D eigenvalue weighted by Gasteiger charge is 2.57. The molecule has 0 aromatic heterocycles. The Hall–Kier alpha value is -3.22. The monoisotopic (exact) mass is 335 g/mol. The van der Waals surface area contributed by atoms with Crippen molar-refractivity contribution in [3.63, 3.8) is 0 Å². The second-order valence-corrected chi connectivity index (χ2v) is 6.57. The molecule has 0 radical (unpaired) electrons. The van der Waals surface area contributed by atoms with Gasteiger partial charge in [0.15, 0.2) is 0 Å². The highest BCUT2D eigenvalue weighted by Crippen LogP contribution is 2.45. The molecule has 2 aliphatic heterocycles. The van der Waals surface area contributed by atoms with Crippen molar-refractivity contribution in [2.45, 2.75) is 18.5 Å². The lowest BCUT2D eigenvalue weighted by Crippen LogP contribution is -2.38. The van der Waals surface area contributed by atoms with E-state index in [1.54, 1.807) is 29.2 Å². The van der Waals surface area contributed by atoms with Crippen molar-refractivity contribution in [3.05, 3.63) is 58.7 Å². The fourth-order valence-electron chi connectivity index (χ4n) is 4.31. The van der Waals surface area contributed by atoms with Gasteiger partial charge < -0.3 is 4.90 Å². The number of urea groups is 1. The number of nitro benzene ring substituents is 1. The number of carbonyl (C=O) groups excluding carboxylic acids is 2. The molecule has 2 heterocycles. The first-order valence-corrected chi connectivity index (χ1v) is 8.08. The van der Waals surface area contributed by atoms with Gasteiger partial charge in [-0.05, 0) is 18.6 Å². The zero-order valence-corrected chi connectivity index (χ0v) is 13.0. The van der Waals surface area contributed by atoms with Crippen LogP contribution in [0.5, 0.6) is 0 Å². The van der Waals surface area contributed by atoms with Gasteiger partial charge in [-0.15, -0.1) is 0 Å². The summed E-state index contributed by atoms with van der Waals surface area (Å²) < 4.78 is 0. The van der Waals surface area contributed by atoms with Gasteiger partial charge in [-0.2, -0.15) is 0 Å². The molecule has 3 atom stereocenters. The maximum Gasteiger partial charge on any atom is 0.332 e. The van der Waals surface area contributed by atoms with E-state index >= 15 is 0 Å². The number of rotatable bonds is 2. The summed E-state index contributed by atoms with van der Waals surface area (Å²) >= 11 is 0. The summed E-state index contributed by atoms with van der Waals surface area (Å²) in [5, 5.41) is 12.2. The van der Waals surface area contributed by atoms with E-state index in [1.165, 1.54) is 17.0 Å². The fourth-order valence-corrected chi connectivity index (χ4v) is 4.31. The maximum atomic E-state index is 12.9. The number of carbonyl (C=O) groups is 2. The topological polar surface area (TPSA) is 83.8 Å². The molecule has 2 aromatic rings. The Bertz CT molecular complexity index is 969. The third kappa shape index (κ3) is 1.69. The molecule has 2 aromatic carbocycles. The van der Waals surface area contributed by atoms with Crippen LogP contribution >= 0.6 is 0 Å². The number of amides is 3. The average molecular weight is 335 g/mol. The van der Waals surface area contributed by atoms with Crippen molar-refractivity contribution in [1.82, 2.24) is 4.90 Å². The quantitative estimate of drug-likeness (QED) is 0.366. The Labute approximate surface area is 142 Å². The van der Waals surface area contributed by atoms with Crippen molar-refractivity contribution < 1.29 is 14.5 Å². The van der Waals surface area contributed by atoms with E-state index in [2.05, 4.69) is 0 Å². The van der Waals surface area contributed by atoms with Crippen LogP contribution in [0.2, 0.25) is 0 Å². The van der Waals surface area contributed by atoms with Gasteiger partial charge in [0, 0.05) is 17.4 Å². The first kappa shape index (κ1) is 14.2. The van der Waals surface area contributed by atoms with Crippen LogP contribution in [-0.2, 0) is 4.79 Å². The Kier molecular flexibility index (Phi) is 2.64. The van der Waals surface area contributed by atoms with Crippen LogP contribution in [0.4, 0.5) is 16.2 Å².